The molecule has 2 aromatic carbocycles. The first-order valence-corrected chi connectivity index (χ1v) is 8.56. The van der Waals surface area contributed by atoms with E-state index in [0.29, 0.717) is 5.69 Å². The van der Waals surface area contributed by atoms with Crippen molar-refractivity contribution in [3.05, 3.63) is 60.2 Å². The van der Waals surface area contributed by atoms with Gasteiger partial charge in [0.15, 0.2) is 0 Å². The monoisotopic (exact) mass is 326 g/mol. The molecule has 2 aromatic rings. The Hall–Kier alpha value is -2.27. The maximum Gasteiger partial charge on any atom is 0.244 e. The van der Waals surface area contributed by atoms with Crippen molar-refractivity contribution in [2.75, 3.05) is 16.8 Å². The van der Waals surface area contributed by atoms with Gasteiger partial charge in [0.1, 0.15) is 6.54 Å². The molecular weight excluding hydrogens is 308 g/mol. The van der Waals surface area contributed by atoms with Gasteiger partial charge >= 0.3 is 0 Å². The minimum Gasteiger partial charge on any atom is -0.323 e. The Morgan fingerprint density at radius 3 is 2.65 bits per heavy atom. The summed E-state index contributed by atoms with van der Waals surface area (Å²) in [4.78, 5) is 26.2. The summed E-state index contributed by atoms with van der Waals surface area (Å²) in [6.07, 6.45) is 0. The second kappa shape index (κ2) is 6.87. The van der Waals surface area contributed by atoms with Gasteiger partial charge in [0.25, 0.3) is 0 Å². The van der Waals surface area contributed by atoms with Crippen molar-refractivity contribution in [3.63, 3.8) is 0 Å². The maximum atomic E-state index is 12.8. The lowest BCUT2D eigenvalue weighted by molar-refractivity contribution is -0.121. The van der Waals surface area contributed by atoms with Crippen LogP contribution in [0.15, 0.2) is 54.6 Å². The zero-order valence-corrected chi connectivity index (χ0v) is 13.7. The van der Waals surface area contributed by atoms with Crippen LogP contribution in [-0.4, -0.2) is 23.6 Å². The van der Waals surface area contributed by atoms with E-state index >= 15 is 0 Å². The summed E-state index contributed by atoms with van der Waals surface area (Å²) < 4.78 is 0. The van der Waals surface area contributed by atoms with E-state index in [1.165, 1.54) is 5.56 Å². The van der Waals surface area contributed by atoms with Crippen molar-refractivity contribution < 1.29 is 9.59 Å². The minimum absolute atomic E-state index is 0.0340. The molecule has 1 heterocycles. The van der Waals surface area contributed by atoms with Crippen molar-refractivity contribution in [1.82, 2.24) is 0 Å². The number of nitrogens with zero attached hydrogens (tertiary/aromatic N) is 1. The fraction of sp³-hybridized carbons (Fsp3) is 0.222. The van der Waals surface area contributed by atoms with Gasteiger partial charge in [-0.05, 0) is 24.6 Å². The largest absolute Gasteiger partial charge is 0.323 e. The molecule has 0 aromatic heterocycles. The molecule has 0 saturated heterocycles. The van der Waals surface area contributed by atoms with E-state index in [2.05, 4.69) is 5.32 Å². The van der Waals surface area contributed by atoms with Gasteiger partial charge in [0.2, 0.25) is 11.8 Å². The van der Waals surface area contributed by atoms with Crippen LogP contribution in [0.2, 0.25) is 0 Å². The third kappa shape index (κ3) is 3.56. The van der Waals surface area contributed by atoms with Crippen molar-refractivity contribution in [2.24, 2.45) is 0 Å². The number of carbonyl (C=O) groups excluding carboxylic acids is 2. The van der Waals surface area contributed by atoms with E-state index in [-0.39, 0.29) is 23.6 Å². The lowest BCUT2D eigenvalue weighted by atomic mass is 10.2. The Kier molecular flexibility index (Phi) is 4.67. The lowest BCUT2D eigenvalue weighted by Gasteiger charge is -2.30. The van der Waals surface area contributed by atoms with Gasteiger partial charge in [-0.1, -0.05) is 42.5 Å². The molecule has 2 amide bonds. The number of amides is 2. The van der Waals surface area contributed by atoms with Crippen molar-refractivity contribution in [1.29, 1.82) is 0 Å². The van der Waals surface area contributed by atoms with Crippen molar-refractivity contribution >= 4 is 35.0 Å². The summed E-state index contributed by atoms with van der Waals surface area (Å²) in [6, 6.07) is 17.5. The molecule has 0 spiro atoms. The summed E-state index contributed by atoms with van der Waals surface area (Å²) in [5, 5.41) is 2.59. The Balaban J connectivity index is 1.71. The average molecular weight is 326 g/mol. The zero-order valence-electron chi connectivity index (χ0n) is 12.9. The van der Waals surface area contributed by atoms with E-state index in [1.54, 1.807) is 16.7 Å². The standard InChI is InChI=1S/C18H18N2O2S/c1-13(23-12-14-7-3-2-4-8-14)18(22)20-11-17(21)19-15-9-5-6-10-16(15)20/h2-10,13H,11-12H2,1H3,(H,19,21). The van der Waals surface area contributed by atoms with Crippen LogP contribution in [-0.2, 0) is 15.3 Å². The Bertz CT molecular complexity index is 718. The molecule has 118 valence electrons. The molecule has 1 aliphatic heterocycles. The molecule has 3 rings (SSSR count). The summed E-state index contributed by atoms with van der Waals surface area (Å²) >= 11 is 1.58. The fourth-order valence-electron chi connectivity index (χ4n) is 2.52. The van der Waals surface area contributed by atoms with Gasteiger partial charge in [-0.15, -0.1) is 11.8 Å². The number of fused-ring (bicyclic) bond motifs is 1. The van der Waals surface area contributed by atoms with E-state index in [0.717, 1.165) is 11.4 Å². The highest BCUT2D eigenvalue weighted by Gasteiger charge is 2.29. The van der Waals surface area contributed by atoms with Crippen LogP contribution in [0, 0.1) is 0 Å². The number of benzene rings is 2. The third-order valence-electron chi connectivity index (χ3n) is 3.73. The molecule has 0 aliphatic carbocycles. The first kappa shape index (κ1) is 15.6. The van der Waals surface area contributed by atoms with E-state index in [9.17, 15) is 9.59 Å². The zero-order chi connectivity index (χ0) is 16.2. The van der Waals surface area contributed by atoms with Crippen molar-refractivity contribution in [3.8, 4) is 0 Å². The molecule has 0 fully saturated rings. The highest BCUT2D eigenvalue weighted by atomic mass is 32.2. The van der Waals surface area contributed by atoms with Crippen LogP contribution in [0.3, 0.4) is 0 Å². The number of nitrogens with one attached hydrogen (secondary N) is 1. The highest BCUT2D eigenvalue weighted by Crippen LogP contribution is 2.31. The Morgan fingerprint density at radius 1 is 1.17 bits per heavy atom. The molecule has 5 heteroatoms. The second-order valence-electron chi connectivity index (χ2n) is 5.43. The average Bonchev–Trinajstić information content (AvgIpc) is 2.59. The lowest BCUT2D eigenvalue weighted by Crippen LogP contribution is -2.45. The molecule has 1 unspecified atom stereocenters. The molecule has 0 radical (unpaired) electrons. The van der Waals surface area contributed by atoms with Crippen LogP contribution in [0.4, 0.5) is 11.4 Å². The second-order valence-corrected chi connectivity index (χ2v) is 6.76. The van der Waals surface area contributed by atoms with Crippen molar-refractivity contribution in [2.45, 2.75) is 17.9 Å². The Labute approximate surface area is 139 Å². The van der Waals surface area contributed by atoms with E-state index in [1.807, 2.05) is 61.5 Å². The predicted octanol–water partition coefficient (Wildman–Crippen LogP) is 3.29. The fourth-order valence-corrected chi connectivity index (χ4v) is 3.42. The van der Waals surface area contributed by atoms with Crippen LogP contribution in [0.25, 0.3) is 0 Å². The Morgan fingerprint density at radius 2 is 1.87 bits per heavy atom. The van der Waals surface area contributed by atoms with Crippen LogP contribution >= 0.6 is 11.8 Å². The minimum atomic E-state index is -0.214. The SMILES string of the molecule is CC(SCc1ccccc1)C(=O)N1CC(=O)Nc2ccccc21. The number of anilines is 2. The first-order valence-electron chi connectivity index (χ1n) is 7.51. The smallest absolute Gasteiger partial charge is 0.244 e. The molecule has 1 N–H and O–H groups in total. The maximum absolute atomic E-state index is 12.8. The van der Waals surface area contributed by atoms with Gasteiger partial charge in [0, 0.05) is 5.75 Å². The molecule has 23 heavy (non-hydrogen) atoms. The van der Waals surface area contributed by atoms with Gasteiger partial charge < -0.3 is 5.32 Å². The summed E-state index contributed by atoms with van der Waals surface area (Å²) in [5.74, 6) is 0.584. The number of hydrogen-bond acceptors (Lipinski definition) is 3. The highest BCUT2D eigenvalue weighted by molar-refractivity contribution is 7.99. The predicted molar refractivity (Wildman–Crippen MR) is 94.6 cm³/mol. The summed E-state index contributed by atoms with van der Waals surface area (Å²) in [6.45, 7) is 1.97. The molecular formula is C18H18N2O2S. The summed E-state index contributed by atoms with van der Waals surface area (Å²) in [5.41, 5.74) is 2.65. The van der Waals surface area contributed by atoms with Gasteiger partial charge in [-0.3, -0.25) is 14.5 Å². The molecule has 1 atom stereocenters. The van der Waals surface area contributed by atoms with Gasteiger partial charge in [-0.2, -0.15) is 0 Å². The normalized spacial score (nSPS) is 14.8. The van der Waals surface area contributed by atoms with Gasteiger partial charge in [-0.25, -0.2) is 0 Å². The van der Waals surface area contributed by atoms with Crippen LogP contribution in [0.1, 0.15) is 12.5 Å². The first-order chi connectivity index (χ1) is 11.1. The number of carbonyl (C=O) groups is 2. The number of para-hydroxylation sites is 2. The van der Waals surface area contributed by atoms with Gasteiger partial charge in [0.05, 0.1) is 16.6 Å². The van der Waals surface area contributed by atoms with E-state index < -0.39 is 0 Å². The molecule has 0 saturated carbocycles. The number of thioether (sulfide) groups is 1. The number of rotatable bonds is 4. The number of hydrogen-bond donors (Lipinski definition) is 1. The van der Waals surface area contributed by atoms with E-state index in [4.69, 9.17) is 0 Å². The summed E-state index contributed by atoms with van der Waals surface area (Å²) in [7, 11) is 0. The van der Waals surface area contributed by atoms with Crippen LogP contribution < -0.4 is 10.2 Å². The third-order valence-corrected chi connectivity index (χ3v) is 4.93. The van der Waals surface area contributed by atoms with Crippen LogP contribution in [0.5, 0.6) is 0 Å². The quantitative estimate of drug-likeness (QED) is 0.938. The topological polar surface area (TPSA) is 49.4 Å². The molecule has 1 aliphatic rings. The molecule has 0 bridgehead atoms. The molecule has 4 nitrogen and oxygen atoms in total.